The largest absolute Gasteiger partial charge is 0.385 e. The first-order valence-corrected chi connectivity index (χ1v) is 10.6. The molecule has 0 unspecified atom stereocenters. The van der Waals surface area contributed by atoms with E-state index < -0.39 is 11.5 Å². The van der Waals surface area contributed by atoms with Crippen molar-refractivity contribution in [2.75, 3.05) is 39.9 Å². The minimum Gasteiger partial charge on any atom is -0.385 e. The molecule has 1 fully saturated rings. The number of ether oxygens (including phenoxy) is 1. The van der Waals surface area contributed by atoms with E-state index in [2.05, 4.69) is 9.97 Å². The minimum absolute atomic E-state index is 0.0619. The average Bonchev–Trinajstić information content (AvgIpc) is 2.85. The van der Waals surface area contributed by atoms with Crippen molar-refractivity contribution in [3.63, 3.8) is 0 Å². The SMILES string of the molecule is COCCCn1c(=O)c(C(=O)N2CCN(C(=O)c3ccccc3)CC2)nc2cccnc21. The number of methoxy groups -OCH3 is 1. The molecule has 9 heteroatoms. The Morgan fingerprint density at radius 1 is 0.969 bits per heavy atom. The Morgan fingerprint density at radius 2 is 1.66 bits per heavy atom. The van der Waals surface area contributed by atoms with Crippen LogP contribution in [-0.2, 0) is 11.3 Å². The molecule has 0 bridgehead atoms. The number of aryl methyl sites for hydroxylation is 1. The summed E-state index contributed by atoms with van der Waals surface area (Å²) in [7, 11) is 1.60. The fraction of sp³-hybridized carbons (Fsp3) is 0.348. The summed E-state index contributed by atoms with van der Waals surface area (Å²) in [5, 5.41) is 0. The van der Waals surface area contributed by atoms with Crippen LogP contribution >= 0.6 is 0 Å². The van der Waals surface area contributed by atoms with Crippen molar-refractivity contribution in [1.29, 1.82) is 0 Å². The average molecular weight is 435 g/mol. The van der Waals surface area contributed by atoms with Crippen molar-refractivity contribution in [2.45, 2.75) is 13.0 Å². The predicted molar refractivity (Wildman–Crippen MR) is 119 cm³/mol. The van der Waals surface area contributed by atoms with Crippen molar-refractivity contribution in [3.8, 4) is 0 Å². The van der Waals surface area contributed by atoms with Crippen LogP contribution in [0.3, 0.4) is 0 Å². The van der Waals surface area contributed by atoms with E-state index in [1.807, 2.05) is 18.2 Å². The summed E-state index contributed by atoms with van der Waals surface area (Å²) in [6, 6.07) is 12.5. The number of fused-ring (bicyclic) bond motifs is 1. The van der Waals surface area contributed by atoms with Crippen LogP contribution in [0.1, 0.15) is 27.3 Å². The lowest BCUT2D eigenvalue weighted by molar-refractivity contribution is 0.0531. The third kappa shape index (κ3) is 4.38. The molecule has 0 saturated carbocycles. The maximum absolute atomic E-state index is 13.2. The van der Waals surface area contributed by atoms with Crippen LogP contribution in [0.2, 0.25) is 0 Å². The summed E-state index contributed by atoms with van der Waals surface area (Å²) in [6.07, 6.45) is 2.21. The summed E-state index contributed by atoms with van der Waals surface area (Å²) >= 11 is 0. The normalized spacial score (nSPS) is 14.0. The third-order valence-corrected chi connectivity index (χ3v) is 5.51. The molecule has 2 aromatic heterocycles. The lowest BCUT2D eigenvalue weighted by Gasteiger charge is -2.34. The van der Waals surface area contributed by atoms with E-state index in [1.165, 1.54) is 4.57 Å². The molecular formula is C23H25N5O4. The molecule has 4 rings (SSSR count). The molecule has 1 aliphatic heterocycles. The summed E-state index contributed by atoms with van der Waals surface area (Å²) in [6.45, 7) is 2.35. The van der Waals surface area contributed by atoms with Crippen LogP contribution < -0.4 is 5.56 Å². The molecule has 1 aliphatic rings. The smallest absolute Gasteiger partial charge is 0.283 e. The number of hydrogen-bond acceptors (Lipinski definition) is 6. The highest BCUT2D eigenvalue weighted by atomic mass is 16.5. The lowest BCUT2D eigenvalue weighted by Crippen LogP contribution is -2.51. The second kappa shape index (κ2) is 9.69. The quantitative estimate of drug-likeness (QED) is 0.544. The number of nitrogens with zero attached hydrogens (tertiary/aromatic N) is 5. The van der Waals surface area contributed by atoms with E-state index in [-0.39, 0.29) is 11.6 Å². The van der Waals surface area contributed by atoms with Gasteiger partial charge in [0.15, 0.2) is 11.3 Å². The summed E-state index contributed by atoms with van der Waals surface area (Å²) in [5.74, 6) is -0.485. The van der Waals surface area contributed by atoms with Gasteiger partial charge in [0, 0.05) is 58.2 Å². The highest BCUT2D eigenvalue weighted by molar-refractivity contribution is 5.95. The second-order valence-electron chi connectivity index (χ2n) is 7.56. The van der Waals surface area contributed by atoms with E-state index >= 15 is 0 Å². The number of hydrogen-bond donors (Lipinski definition) is 0. The number of benzene rings is 1. The van der Waals surface area contributed by atoms with E-state index in [1.54, 1.807) is 47.4 Å². The number of piperazine rings is 1. The van der Waals surface area contributed by atoms with Crippen LogP contribution in [0, 0.1) is 0 Å². The van der Waals surface area contributed by atoms with Gasteiger partial charge in [-0.15, -0.1) is 0 Å². The van der Waals surface area contributed by atoms with Gasteiger partial charge in [-0.3, -0.25) is 19.0 Å². The van der Waals surface area contributed by atoms with Gasteiger partial charge in [0.2, 0.25) is 0 Å². The fourth-order valence-electron chi connectivity index (χ4n) is 3.82. The third-order valence-electron chi connectivity index (χ3n) is 5.51. The van der Waals surface area contributed by atoms with Gasteiger partial charge in [0.1, 0.15) is 5.52 Å². The van der Waals surface area contributed by atoms with Crippen LogP contribution in [0.5, 0.6) is 0 Å². The molecule has 2 amide bonds. The second-order valence-corrected chi connectivity index (χ2v) is 7.56. The summed E-state index contributed by atoms with van der Waals surface area (Å²) in [4.78, 5) is 50.9. The molecule has 32 heavy (non-hydrogen) atoms. The van der Waals surface area contributed by atoms with Gasteiger partial charge >= 0.3 is 0 Å². The molecule has 3 heterocycles. The molecule has 0 atom stereocenters. The number of amides is 2. The minimum atomic E-state index is -0.458. The molecule has 0 spiro atoms. The molecule has 0 aliphatic carbocycles. The first-order valence-electron chi connectivity index (χ1n) is 10.6. The standard InChI is InChI=1S/C23H25N5O4/c1-32-16-6-11-28-20-18(9-5-10-24-20)25-19(23(28)31)22(30)27-14-12-26(13-15-27)21(29)17-7-3-2-4-8-17/h2-5,7-10H,6,11-16H2,1H3. The van der Waals surface area contributed by atoms with Gasteiger partial charge < -0.3 is 14.5 Å². The van der Waals surface area contributed by atoms with Gasteiger partial charge in [-0.1, -0.05) is 18.2 Å². The number of carbonyl (C=O) groups excluding carboxylic acids is 2. The lowest BCUT2D eigenvalue weighted by atomic mass is 10.2. The molecule has 1 aromatic carbocycles. The van der Waals surface area contributed by atoms with E-state index in [4.69, 9.17) is 4.74 Å². The van der Waals surface area contributed by atoms with Crippen LogP contribution in [-0.4, -0.2) is 76.0 Å². The zero-order valence-electron chi connectivity index (χ0n) is 17.9. The maximum Gasteiger partial charge on any atom is 0.283 e. The molecular weight excluding hydrogens is 410 g/mol. The van der Waals surface area contributed by atoms with E-state index in [9.17, 15) is 14.4 Å². The molecule has 166 valence electrons. The topological polar surface area (TPSA) is 97.6 Å². The molecule has 0 radical (unpaired) electrons. The number of aromatic nitrogens is 3. The summed E-state index contributed by atoms with van der Waals surface area (Å²) in [5.41, 5.74) is 0.981. The number of rotatable bonds is 6. The van der Waals surface area contributed by atoms with Crippen molar-refractivity contribution >= 4 is 23.0 Å². The van der Waals surface area contributed by atoms with Gasteiger partial charge in [-0.2, -0.15) is 0 Å². The van der Waals surface area contributed by atoms with Crippen molar-refractivity contribution < 1.29 is 14.3 Å². The zero-order chi connectivity index (χ0) is 22.5. The molecule has 1 saturated heterocycles. The first-order chi connectivity index (χ1) is 15.6. The molecule has 9 nitrogen and oxygen atoms in total. The predicted octanol–water partition coefficient (Wildman–Crippen LogP) is 1.43. The van der Waals surface area contributed by atoms with Crippen molar-refractivity contribution in [3.05, 3.63) is 70.3 Å². The molecule has 0 N–H and O–H groups in total. The molecule has 3 aromatic rings. The van der Waals surface area contributed by atoms with E-state index in [0.717, 1.165) is 0 Å². The Balaban J connectivity index is 1.53. The maximum atomic E-state index is 13.2. The summed E-state index contributed by atoms with van der Waals surface area (Å²) < 4.78 is 6.58. The van der Waals surface area contributed by atoms with Crippen molar-refractivity contribution in [1.82, 2.24) is 24.3 Å². The Labute approximate surface area is 185 Å². The van der Waals surface area contributed by atoms with E-state index in [0.29, 0.717) is 62.5 Å². The van der Waals surface area contributed by atoms with Gasteiger partial charge in [-0.25, -0.2) is 9.97 Å². The van der Waals surface area contributed by atoms with Crippen LogP contribution in [0.15, 0.2) is 53.5 Å². The Hall–Kier alpha value is -3.59. The zero-order valence-corrected chi connectivity index (χ0v) is 17.9. The Bertz CT molecular complexity index is 1170. The Morgan fingerprint density at radius 3 is 2.34 bits per heavy atom. The monoisotopic (exact) mass is 435 g/mol. The van der Waals surface area contributed by atoms with Gasteiger partial charge in [0.25, 0.3) is 17.4 Å². The number of pyridine rings is 1. The van der Waals surface area contributed by atoms with Crippen molar-refractivity contribution in [2.24, 2.45) is 0 Å². The number of carbonyl (C=O) groups is 2. The highest BCUT2D eigenvalue weighted by Gasteiger charge is 2.28. The van der Waals surface area contributed by atoms with Crippen LogP contribution in [0.4, 0.5) is 0 Å². The van der Waals surface area contributed by atoms with Gasteiger partial charge in [0.05, 0.1) is 0 Å². The first kappa shape index (κ1) is 21.6. The van der Waals surface area contributed by atoms with Gasteiger partial charge in [-0.05, 0) is 30.7 Å². The highest BCUT2D eigenvalue weighted by Crippen LogP contribution is 2.12. The fourth-order valence-corrected chi connectivity index (χ4v) is 3.82. The van der Waals surface area contributed by atoms with Crippen LogP contribution in [0.25, 0.3) is 11.2 Å². The Kier molecular flexibility index (Phi) is 6.55.